The van der Waals surface area contributed by atoms with Gasteiger partial charge in [-0.05, 0) is 80.2 Å². The highest BCUT2D eigenvalue weighted by Crippen LogP contribution is 2.38. The maximum absolute atomic E-state index is 13.3. The molecule has 1 aromatic carbocycles. The van der Waals surface area contributed by atoms with Crippen molar-refractivity contribution < 1.29 is 13.9 Å². The summed E-state index contributed by atoms with van der Waals surface area (Å²) >= 11 is 0. The van der Waals surface area contributed by atoms with Crippen LogP contribution in [0.2, 0.25) is 0 Å². The standard InChI is InChI=1S/C42H63FN8O2/c1-9-11-12-15-24-50(8)41(46)51-27-32(19-23-39(51)45)28-53-37-22-21-36(34-16-13-14-17-35(34)37)47-29-48-40(26-38(44)42(5,6)7)49-31(4)25-33(52-10-2)20-18-30(3)43/h13-14,16-20,23,25-27,31,36-37,45-47H,3,9-12,15,21-22,24,28-29,44H2,1-2,4-8H3,(H,48,49)/b20-18-,33-25+,38-26?,45-39?,46-41?/t31?,36-,37+/m0/s1. The van der Waals surface area contributed by atoms with Gasteiger partial charge < -0.3 is 25.4 Å². The number of amidine groups is 1. The fraction of sp³-hybridized carbons (Fsp3) is 0.500. The van der Waals surface area contributed by atoms with Gasteiger partial charge in [0.15, 0.2) is 0 Å². The Hall–Kier alpha value is -4.48. The van der Waals surface area contributed by atoms with Gasteiger partial charge in [0.25, 0.3) is 0 Å². The molecule has 0 spiro atoms. The third-order valence-electron chi connectivity index (χ3n) is 9.11. The van der Waals surface area contributed by atoms with Gasteiger partial charge in [-0.3, -0.25) is 25.7 Å². The first-order valence-corrected chi connectivity index (χ1v) is 18.9. The molecule has 0 aliphatic heterocycles. The quantitative estimate of drug-likeness (QED) is 0.0346. The van der Waals surface area contributed by atoms with Crippen LogP contribution in [0.5, 0.6) is 0 Å². The smallest absolute Gasteiger partial charge is 0.203 e. The Morgan fingerprint density at radius 3 is 2.55 bits per heavy atom. The van der Waals surface area contributed by atoms with Crippen LogP contribution in [-0.4, -0.2) is 54.2 Å². The normalized spacial score (nSPS) is 17.4. The van der Waals surface area contributed by atoms with Gasteiger partial charge in [0, 0.05) is 43.0 Å². The molecule has 2 aromatic rings. The van der Waals surface area contributed by atoms with Gasteiger partial charge in [-0.2, -0.15) is 0 Å². The topological polar surface area (TPSA) is 137 Å². The lowest BCUT2D eigenvalue weighted by molar-refractivity contribution is 0.0242. The van der Waals surface area contributed by atoms with E-state index in [0.717, 1.165) is 43.4 Å². The third-order valence-corrected chi connectivity index (χ3v) is 9.11. The van der Waals surface area contributed by atoms with Crippen molar-refractivity contribution in [2.75, 3.05) is 26.9 Å². The monoisotopic (exact) mass is 731 g/mol. The fourth-order valence-electron chi connectivity index (χ4n) is 5.95. The number of pyridine rings is 1. The summed E-state index contributed by atoms with van der Waals surface area (Å²) in [6.45, 7) is 17.5. The van der Waals surface area contributed by atoms with Gasteiger partial charge >= 0.3 is 0 Å². The van der Waals surface area contributed by atoms with Crippen molar-refractivity contribution in [3.05, 3.63) is 113 Å². The molecule has 0 saturated carbocycles. The molecule has 10 nitrogen and oxygen atoms in total. The number of hydrogen-bond acceptors (Lipinski definition) is 7. The van der Waals surface area contributed by atoms with Gasteiger partial charge in [0.1, 0.15) is 22.9 Å². The molecule has 0 amide bonds. The van der Waals surface area contributed by atoms with E-state index in [1.807, 2.05) is 56.3 Å². The fourth-order valence-corrected chi connectivity index (χ4v) is 5.95. The van der Waals surface area contributed by atoms with Crippen LogP contribution in [0, 0.1) is 16.2 Å². The van der Waals surface area contributed by atoms with E-state index in [1.165, 1.54) is 24.5 Å². The van der Waals surface area contributed by atoms with Crippen molar-refractivity contribution in [1.29, 1.82) is 10.8 Å². The molecule has 0 bridgehead atoms. The second kappa shape index (κ2) is 21.3. The molecule has 3 rings (SSSR count). The van der Waals surface area contributed by atoms with Crippen LogP contribution in [0.15, 0.2) is 95.8 Å². The van der Waals surface area contributed by atoms with Crippen LogP contribution < -0.4 is 21.9 Å². The van der Waals surface area contributed by atoms with Crippen LogP contribution in [0.1, 0.15) is 109 Å². The first-order valence-electron chi connectivity index (χ1n) is 18.9. The summed E-state index contributed by atoms with van der Waals surface area (Å²) in [5.41, 5.74) is 10.4. The minimum absolute atomic E-state index is 0.0823. The molecule has 290 valence electrons. The SMILES string of the molecule is C=C(F)/C=C\C(=C/C(C)NC(C=C(N)C(C)(C)C)=NCN[C@H]1CC[C@@H](OCc2ccc(=N)n(C(=N)N(C)CCCCCC)c2)c2ccccc21)OCC. The zero-order valence-corrected chi connectivity index (χ0v) is 33.0. The zero-order chi connectivity index (χ0) is 39.0. The summed E-state index contributed by atoms with van der Waals surface area (Å²) in [5.74, 6) is 0.899. The van der Waals surface area contributed by atoms with Gasteiger partial charge in [-0.1, -0.05) is 83.9 Å². The number of benzene rings is 1. The molecule has 1 aliphatic rings. The molecule has 53 heavy (non-hydrogen) atoms. The maximum Gasteiger partial charge on any atom is 0.203 e. The molecular weight excluding hydrogens is 668 g/mol. The van der Waals surface area contributed by atoms with Crippen LogP contribution in [0.25, 0.3) is 0 Å². The molecule has 1 unspecified atom stereocenters. The Balaban J connectivity index is 1.72. The molecule has 1 aliphatic carbocycles. The number of nitrogens with two attached hydrogens (primary N) is 1. The minimum atomic E-state index is -0.547. The molecule has 3 atom stereocenters. The van der Waals surface area contributed by atoms with E-state index in [2.05, 4.69) is 63.1 Å². The van der Waals surface area contributed by atoms with Gasteiger partial charge in [0.2, 0.25) is 5.96 Å². The summed E-state index contributed by atoms with van der Waals surface area (Å²) in [7, 11) is 1.92. The molecule has 11 heteroatoms. The van der Waals surface area contributed by atoms with Crippen molar-refractivity contribution in [1.82, 2.24) is 20.1 Å². The molecule has 0 saturated heterocycles. The number of aliphatic imine (C=N–C) groups is 1. The summed E-state index contributed by atoms with van der Waals surface area (Å²) in [5, 5.41) is 24.2. The summed E-state index contributed by atoms with van der Waals surface area (Å²) in [6.07, 6.45) is 14.6. The number of ether oxygens (including phenoxy) is 2. The van der Waals surface area contributed by atoms with Crippen LogP contribution in [0.3, 0.4) is 0 Å². The Bertz CT molecular complexity index is 1690. The first kappa shape index (κ1) is 42.9. The molecule has 1 heterocycles. The van der Waals surface area contributed by atoms with Crippen molar-refractivity contribution >= 4 is 11.8 Å². The van der Waals surface area contributed by atoms with E-state index < -0.39 is 5.83 Å². The zero-order valence-electron chi connectivity index (χ0n) is 33.0. The van der Waals surface area contributed by atoms with E-state index >= 15 is 0 Å². The number of nitrogens with zero attached hydrogens (tertiary/aromatic N) is 3. The third kappa shape index (κ3) is 14.1. The summed E-state index contributed by atoms with van der Waals surface area (Å²) in [6, 6.07) is 11.9. The average molecular weight is 731 g/mol. The van der Waals surface area contributed by atoms with Crippen molar-refractivity contribution in [2.24, 2.45) is 16.1 Å². The predicted octanol–water partition coefficient (Wildman–Crippen LogP) is 8.13. The van der Waals surface area contributed by atoms with Gasteiger partial charge in [-0.15, -0.1) is 0 Å². The molecule has 6 N–H and O–H groups in total. The lowest BCUT2D eigenvalue weighted by Crippen LogP contribution is -2.38. The lowest BCUT2D eigenvalue weighted by atomic mass is 9.85. The Labute approximate surface area is 316 Å². The van der Waals surface area contributed by atoms with Gasteiger partial charge in [0.05, 0.1) is 26.0 Å². The molecule has 1 aromatic heterocycles. The molecular formula is C42H63FN8O2. The lowest BCUT2D eigenvalue weighted by Gasteiger charge is -2.32. The van der Waals surface area contributed by atoms with Crippen LogP contribution in [0.4, 0.5) is 4.39 Å². The van der Waals surface area contributed by atoms with E-state index in [9.17, 15) is 4.39 Å². The number of rotatable bonds is 18. The number of fused-ring (bicyclic) bond motifs is 1. The molecule has 0 radical (unpaired) electrons. The number of allylic oxidation sites excluding steroid dienone is 4. The van der Waals surface area contributed by atoms with Crippen molar-refractivity contribution in [2.45, 2.75) is 105 Å². The van der Waals surface area contributed by atoms with E-state index in [0.29, 0.717) is 43.1 Å². The van der Waals surface area contributed by atoms with Crippen LogP contribution >= 0.6 is 0 Å². The van der Waals surface area contributed by atoms with Crippen molar-refractivity contribution in [3.8, 4) is 0 Å². The highest BCUT2D eigenvalue weighted by atomic mass is 19.1. The summed E-state index contributed by atoms with van der Waals surface area (Å²) in [4.78, 5) is 6.79. The number of hydrogen-bond donors (Lipinski definition) is 5. The second-order valence-corrected chi connectivity index (χ2v) is 14.6. The van der Waals surface area contributed by atoms with Gasteiger partial charge in [-0.25, -0.2) is 4.39 Å². The summed E-state index contributed by atoms with van der Waals surface area (Å²) < 4.78 is 27.1. The second-order valence-electron chi connectivity index (χ2n) is 14.6. The van der Waals surface area contributed by atoms with Crippen molar-refractivity contribution in [3.63, 3.8) is 0 Å². The van der Waals surface area contributed by atoms with E-state index in [4.69, 9.17) is 31.0 Å². The van der Waals surface area contributed by atoms with E-state index in [1.54, 1.807) is 16.7 Å². The Kier molecular flexibility index (Phi) is 17.2. The van der Waals surface area contributed by atoms with Crippen LogP contribution in [-0.2, 0) is 16.1 Å². The molecule has 0 fully saturated rings. The Morgan fingerprint density at radius 2 is 1.87 bits per heavy atom. The van der Waals surface area contributed by atoms with E-state index in [-0.39, 0.29) is 29.1 Å². The number of unbranched alkanes of at least 4 members (excludes halogenated alkanes) is 3. The Morgan fingerprint density at radius 1 is 1.13 bits per heavy atom. The number of nitrogens with one attached hydrogen (secondary N) is 4. The highest BCUT2D eigenvalue weighted by molar-refractivity contribution is 5.94. The number of aromatic nitrogens is 1. The first-order chi connectivity index (χ1) is 25.2. The average Bonchev–Trinajstić information content (AvgIpc) is 3.11. The maximum atomic E-state index is 13.3. The minimum Gasteiger partial charge on any atom is -0.494 e. The number of halogens is 1. The predicted molar refractivity (Wildman–Crippen MR) is 215 cm³/mol. The largest absolute Gasteiger partial charge is 0.494 e. The highest BCUT2D eigenvalue weighted by Gasteiger charge is 2.27.